The molecule has 0 saturated carbocycles. The van der Waals surface area contributed by atoms with Crippen molar-refractivity contribution in [3.05, 3.63) is 22.5 Å². The number of phosphoric acid groups is 2. The van der Waals surface area contributed by atoms with Gasteiger partial charge in [0.2, 0.25) is 0 Å². The van der Waals surface area contributed by atoms with E-state index in [1.54, 1.807) is 0 Å². The number of halogens is 1. The van der Waals surface area contributed by atoms with Crippen LogP contribution in [0.2, 0.25) is 0 Å². The molecule has 0 aromatic carbocycles. The number of hydrogen-bond acceptors (Lipinski definition) is 9. The minimum absolute atomic E-state index is 0.161. The van der Waals surface area contributed by atoms with E-state index in [0.29, 0.717) is 0 Å². The molecule has 12 nitrogen and oxygen atoms in total. The van der Waals surface area contributed by atoms with Gasteiger partial charge in [-0.1, -0.05) is 0 Å². The van der Waals surface area contributed by atoms with E-state index in [9.17, 15) is 18.3 Å². The fourth-order valence-corrected chi connectivity index (χ4v) is 4.33. The maximum atomic E-state index is 13.4. The lowest BCUT2D eigenvalue weighted by Crippen LogP contribution is -2.30. The third kappa shape index (κ3) is 5.34. The molecule has 0 amide bonds. The van der Waals surface area contributed by atoms with Gasteiger partial charge in [-0.3, -0.25) is 9.09 Å². The van der Waals surface area contributed by atoms with Gasteiger partial charge in [-0.15, -0.1) is 11.8 Å². The Hall–Kier alpha value is -0.820. The molecule has 24 heavy (non-hydrogen) atoms. The third-order valence-electron chi connectivity index (χ3n) is 2.56. The van der Waals surface area contributed by atoms with E-state index < -0.39 is 51.2 Å². The largest absolute Gasteiger partial charge is 0.481 e. The number of phosphoric ester groups is 1. The smallest absolute Gasteiger partial charge is 0.381 e. The summed E-state index contributed by atoms with van der Waals surface area (Å²) in [5.74, 6) is -1.32. The van der Waals surface area contributed by atoms with Crippen LogP contribution in [0.3, 0.4) is 0 Å². The molecule has 2 heterocycles. The second kappa shape index (κ2) is 7.20. The van der Waals surface area contributed by atoms with Crippen LogP contribution in [0.4, 0.5) is 10.2 Å². The minimum atomic E-state index is -5.22. The van der Waals surface area contributed by atoms with Crippen molar-refractivity contribution < 1.29 is 41.8 Å². The van der Waals surface area contributed by atoms with Crippen molar-refractivity contribution in [2.75, 3.05) is 18.1 Å². The van der Waals surface area contributed by atoms with Gasteiger partial charge in [0.15, 0.2) is 11.6 Å². The fourth-order valence-electron chi connectivity index (χ4n) is 1.65. The summed E-state index contributed by atoms with van der Waals surface area (Å²) in [5, 5.41) is 0. The molecule has 1 aromatic rings. The standard InChI is InChI=1S/C8H12FN3O9P2S/c9-4-1-12(8(13)11-7(4)10)5-3-24-6(20-5)2-19-23(17,18)21-22(14,15)16/h1,5-6H,2-3H2,(H,17,18)(H2,10,11,13)(H2,14,15,16)/t5-,6+/m0/s1. The van der Waals surface area contributed by atoms with Crippen molar-refractivity contribution in [3.63, 3.8) is 0 Å². The molecule has 1 saturated heterocycles. The minimum Gasteiger partial charge on any atom is -0.381 e. The molecule has 5 N–H and O–H groups in total. The average Bonchev–Trinajstić information content (AvgIpc) is 2.87. The highest BCUT2D eigenvalue weighted by molar-refractivity contribution is 8.00. The zero-order chi connectivity index (χ0) is 18.1. The Kier molecular flexibility index (Phi) is 5.85. The summed E-state index contributed by atoms with van der Waals surface area (Å²) in [5.41, 5.74) is 3.44. The number of aromatic nitrogens is 2. The summed E-state index contributed by atoms with van der Waals surface area (Å²) >= 11 is 1.05. The Bertz CT molecular complexity index is 770. The molecule has 0 aliphatic carbocycles. The molecule has 1 unspecified atom stereocenters. The molecule has 1 aliphatic heterocycles. The summed E-state index contributed by atoms with van der Waals surface area (Å²) in [6, 6.07) is 0. The van der Waals surface area contributed by atoms with Gasteiger partial charge in [-0.2, -0.15) is 9.29 Å². The first kappa shape index (κ1) is 19.5. The molecular weight excluding hydrogens is 395 g/mol. The van der Waals surface area contributed by atoms with Gasteiger partial charge in [-0.05, 0) is 0 Å². The van der Waals surface area contributed by atoms with Crippen LogP contribution in [0.25, 0.3) is 0 Å². The molecule has 136 valence electrons. The Morgan fingerprint density at radius 3 is 2.79 bits per heavy atom. The van der Waals surface area contributed by atoms with Gasteiger partial charge in [-0.25, -0.2) is 18.3 Å². The second-order valence-corrected chi connectivity index (χ2v) is 8.38. The highest BCUT2D eigenvalue weighted by Gasteiger charge is 2.35. The maximum Gasteiger partial charge on any atom is 0.481 e. The third-order valence-corrected chi connectivity index (χ3v) is 5.81. The summed E-state index contributed by atoms with van der Waals surface area (Å²) in [6.07, 6.45) is -0.119. The van der Waals surface area contributed by atoms with E-state index in [1.807, 2.05) is 0 Å². The number of rotatable bonds is 6. The first-order chi connectivity index (χ1) is 11.0. The average molecular weight is 407 g/mol. The van der Waals surface area contributed by atoms with Gasteiger partial charge in [0, 0.05) is 5.75 Å². The number of nitrogens with two attached hydrogens (primary N) is 1. The normalized spacial score (nSPS) is 24.0. The number of ether oxygens (including phenoxy) is 1. The number of nitrogens with zero attached hydrogens (tertiary/aromatic N) is 2. The van der Waals surface area contributed by atoms with E-state index >= 15 is 0 Å². The van der Waals surface area contributed by atoms with Crippen molar-refractivity contribution in [2.45, 2.75) is 11.7 Å². The lowest BCUT2D eigenvalue weighted by molar-refractivity contribution is -0.00692. The Morgan fingerprint density at radius 1 is 1.50 bits per heavy atom. The highest BCUT2D eigenvalue weighted by Crippen LogP contribution is 2.57. The molecular formula is C8H12FN3O9P2S. The second-order valence-electron chi connectivity index (χ2n) is 4.35. The summed E-state index contributed by atoms with van der Waals surface area (Å²) in [4.78, 5) is 41.0. The molecule has 0 spiro atoms. The van der Waals surface area contributed by atoms with Crippen LogP contribution in [-0.4, -0.2) is 42.0 Å². The monoisotopic (exact) mass is 407 g/mol. The van der Waals surface area contributed by atoms with Crippen molar-refractivity contribution in [1.82, 2.24) is 9.55 Å². The zero-order valence-corrected chi connectivity index (χ0v) is 14.2. The van der Waals surface area contributed by atoms with Crippen LogP contribution in [0.1, 0.15) is 6.23 Å². The molecule has 1 fully saturated rings. The van der Waals surface area contributed by atoms with E-state index in [-0.39, 0.29) is 5.75 Å². The van der Waals surface area contributed by atoms with Crippen LogP contribution in [0.15, 0.2) is 11.0 Å². The zero-order valence-electron chi connectivity index (χ0n) is 11.6. The Labute approximate surface area is 137 Å². The van der Waals surface area contributed by atoms with Gasteiger partial charge in [0.25, 0.3) is 0 Å². The number of anilines is 1. The summed E-state index contributed by atoms with van der Waals surface area (Å²) in [6.45, 7) is -0.575. The molecule has 16 heteroatoms. The SMILES string of the molecule is Nc1nc(=O)n([C@@H]2CS[C@H](COP(=O)(O)OP(=O)(O)O)O2)cc1F. The van der Waals surface area contributed by atoms with E-state index in [1.165, 1.54) is 0 Å². The van der Waals surface area contributed by atoms with Crippen LogP contribution in [0, 0.1) is 5.82 Å². The van der Waals surface area contributed by atoms with Crippen molar-refractivity contribution >= 4 is 33.2 Å². The first-order valence-corrected chi connectivity index (χ1v) is 10.1. The number of thioether (sulfide) groups is 1. The highest BCUT2D eigenvalue weighted by atomic mass is 32.2. The molecule has 0 radical (unpaired) electrons. The maximum absolute atomic E-state index is 13.4. The molecule has 2 rings (SSSR count). The van der Waals surface area contributed by atoms with Crippen molar-refractivity contribution in [2.24, 2.45) is 0 Å². The van der Waals surface area contributed by atoms with Crippen molar-refractivity contribution in [1.29, 1.82) is 0 Å². The van der Waals surface area contributed by atoms with Crippen molar-refractivity contribution in [3.8, 4) is 0 Å². The number of hydrogen-bond donors (Lipinski definition) is 4. The molecule has 0 bridgehead atoms. The molecule has 1 aliphatic rings. The summed E-state index contributed by atoms with van der Waals surface area (Å²) < 4.78 is 49.4. The van der Waals surface area contributed by atoms with E-state index in [0.717, 1.165) is 22.5 Å². The van der Waals surface area contributed by atoms with Crippen LogP contribution in [-0.2, 0) is 22.7 Å². The van der Waals surface area contributed by atoms with Gasteiger partial charge in [0.05, 0.1) is 12.8 Å². The van der Waals surface area contributed by atoms with Gasteiger partial charge < -0.3 is 25.2 Å². The lowest BCUT2D eigenvalue weighted by atomic mass is 10.5. The predicted octanol–water partition coefficient (Wildman–Crippen LogP) is -0.221. The Morgan fingerprint density at radius 2 is 2.17 bits per heavy atom. The topological polar surface area (TPSA) is 183 Å². The quantitative estimate of drug-likeness (QED) is 0.455. The van der Waals surface area contributed by atoms with Crippen LogP contribution in [0.5, 0.6) is 0 Å². The van der Waals surface area contributed by atoms with Gasteiger partial charge in [0.1, 0.15) is 11.7 Å². The molecule has 3 atom stereocenters. The number of nitrogen functional groups attached to an aromatic ring is 1. The van der Waals surface area contributed by atoms with Crippen LogP contribution >= 0.6 is 27.4 Å². The van der Waals surface area contributed by atoms with E-state index in [4.69, 9.17) is 25.2 Å². The van der Waals surface area contributed by atoms with E-state index in [2.05, 4.69) is 13.8 Å². The molecule has 1 aromatic heterocycles. The van der Waals surface area contributed by atoms with Crippen LogP contribution < -0.4 is 11.4 Å². The lowest BCUT2D eigenvalue weighted by Gasteiger charge is -2.16. The fraction of sp³-hybridized carbons (Fsp3) is 0.500. The summed E-state index contributed by atoms with van der Waals surface area (Å²) in [7, 11) is -10.2. The first-order valence-electron chi connectivity index (χ1n) is 6.02. The predicted molar refractivity (Wildman–Crippen MR) is 78.1 cm³/mol. The Balaban J connectivity index is 1.97. The van der Waals surface area contributed by atoms with Gasteiger partial charge >= 0.3 is 21.3 Å².